The van der Waals surface area contributed by atoms with Gasteiger partial charge in [-0.3, -0.25) is 14.5 Å². The van der Waals surface area contributed by atoms with E-state index in [9.17, 15) is 9.59 Å². The third-order valence-corrected chi connectivity index (χ3v) is 8.23. The first-order chi connectivity index (χ1) is 16.6. The minimum absolute atomic E-state index is 0.0299. The Bertz CT molecular complexity index is 938. The average Bonchev–Trinajstić information content (AvgIpc) is 2.89. The Hall–Kier alpha value is -2.31. The number of carbonyl (C=O) groups is 2. The Morgan fingerprint density at radius 3 is 2.35 bits per heavy atom. The molecule has 34 heavy (non-hydrogen) atoms. The van der Waals surface area contributed by atoms with Gasteiger partial charge in [-0.15, -0.1) is 11.8 Å². The van der Waals surface area contributed by atoms with Crippen LogP contribution in [0.15, 0.2) is 59.5 Å². The monoisotopic (exact) mass is 479 g/mol. The molecule has 182 valence electrons. The van der Waals surface area contributed by atoms with Crippen molar-refractivity contribution in [3.8, 4) is 0 Å². The van der Waals surface area contributed by atoms with Crippen LogP contribution in [0.2, 0.25) is 0 Å². The molecule has 4 rings (SSSR count). The van der Waals surface area contributed by atoms with Crippen molar-refractivity contribution in [2.45, 2.75) is 68.5 Å². The van der Waals surface area contributed by atoms with Crippen molar-refractivity contribution in [2.75, 3.05) is 25.9 Å². The zero-order chi connectivity index (χ0) is 23.8. The third kappa shape index (κ3) is 6.86. The topological polar surface area (TPSA) is 52.7 Å². The molecule has 6 heteroatoms. The number of nitrogens with zero attached hydrogens (tertiary/aromatic N) is 2. The van der Waals surface area contributed by atoms with Gasteiger partial charge in [0.15, 0.2) is 0 Å². The van der Waals surface area contributed by atoms with Gasteiger partial charge in [0.2, 0.25) is 5.91 Å². The van der Waals surface area contributed by atoms with Crippen molar-refractivity contribution in [2.24, 2.45) is 0 Å². The van der Waals surface area contributed by atoms with E-state index in [0.29, 0.717) is 17.4 Å². The van der Waals surface area contributed by atoms with Crippen molar-refractivity contribution in [1.82, 2.24) is 15.1 Å². The molecule has 1 saturated heterocycles. The molecular formula is C28H37N3O2S. The summed E-state index contributed by atoms with van der Waals surface area (Å²) in [5.74, 6) is 0.491. The molecule has 0 aromatic heterocycles. The van der Waals surface area contributed by atoms with Gasteiger partial charge in [-0.25, -0.2) is 0 Å². The predicted octanol–water partition coefficient (Wildman–Crippen LogP) is 4.96. The van der Waals surface area contributed by atoms with E-state index in [1.165, 1.54) is 36.6 Å². The second-order valence-corrected chi connectivity index (χ2v) is 10.6. The summed E-state index contributed by atoms with van der Waals surface area (Å²) < 4.78 is 0. The van der Waals surface area contributed by atoms with Crippen molar-refractivity contribution in [1.29, 1.82) is 0 Å². The van der Waals surface area contributed by atoms with E-state index >= 15 is 0 Å². The van der Waals surface area contributed by atoms with Gasteiger partial charge in [0, 0.05) is 43.7 Å². The van der Waals surface area contributed by atoms with Crippen LogP contribution in [0.4, 0.5) is 0 Å². The van der Waals surface area contributed by atoms with E-state index in [1.807, 2.05) is 42.3 Å². The molecule has 5 nitrogen and oxygen atoms in total. The number of likely N-dealkylation sites (tertiary alicyclic amines) is 1. The molecule has 0 atom stereocenters. The summed E-state index contributed by atoms with van der Waals surface area (Å²) in [5.41, 5.74) is 2.01. The maximum Gasteiger partial charge on any atom is 0.252 e. The van der Waals surface area contributed by atoms with Crippen LogP contribution in [0.5, 0.6) is 0 Å². The van der Waals surface area contributed by atoms with Crippen LogP contribution < -0.4 is 5.32 Å². The molecule has 1 N–H and O–H groups in total. The second-order valence-electron chi connectivity index (χ2n) is 9.59. The zero-order valence-electron chi connectivity index (χ0n) is 20.2. The van der Waals surface area contributed by atoms with Crippen molar-refractivity contribution < 1.29 is 9.59 Å². The number of hydrogen-bond donors (Lipinski definition) is 1. The number of rotatable bonds is 8. The van der Waals surface area contributed by atoms with Gasteiger partial charge in [0.05, 0.1) is 11.3 Å². The fourth-order valence-corrected chi connectivity index (χ4v) is 6.01. The third-order valence-electron chi connectivity index (χ3n) is 7.17. The summed E-state index contributed by atoms with van der Waals surface area (Å²) >= 11 is 1.48. The molecule has 1 aliphatic heterocycles. The van der Waals surface area contributed by atoms with Crippen LogP contribution in [0.3, 0.4) is 0 Å². The highest BCUT2D eigenvalue weighted by Gasteiger charge is 2.24. The SMILES string of the molecule is CN(C(=O)CSc1ccccc1C(=O)NC1CCN(Cc2ccccc2)CC1)C1CCCCC1. The molecule has 1 saturated carbocycles. The van der Waals surface area contributed by atoms with E-state index in [-0.39, 0.29) is 17.9 Å². The van der Waals surface area contributed by atoms with Gasteiger partial charge in [-0.05, 0) is 43.4 Å². The Labute approximate surface area is 208 Å². The molecule has 2 aliphatic rings. The number of hydrogen-bond acceptors (Lipinski definition) is 4. The summed E-state index contributed by atoms with van der Waals surface area (Å²) in [6.07, 6.45) is 7.83. The number of piperidine rings is 1. The van der Waals surface area contributed by atoms with E-state index in [1.54, 1.807) is 0 Å². The largest absolute Gasteiger partial charge is 0.349 e. The van der Waals surface area contributed by atoms with Crippen molar-refractivity contribution >= 4 is 23.6 Å². The van der Waals surface area contributed by atoms with E-state index in [2.05, 4.69) is 34.5 Å². The van der Waals surface area contributed by atoms with Gasteiger partial charge in [0.25, 0.3) is 5.91 Å². The van der Waals surface area contributed by atoms with Gasteiger partial charge in [-0.1, -0.05) is 61.7 Å². The molecule has 1 heterocycles. The fourth-order valence-electron chi connectivity index (χ4n) is 5.03. The zero-order valence-corrected chi connectivity index (χ0v) is 21.1. The molecule has 2 aromatic carbocycles. The lowest BCUT2D eigenvalue weighted by Gasteiger charge is -2.32. The first kappa shape index (κ1) is 24.8. The molecule has 2 aromatic rings. The van der Waals surface area contributed by atoms with Crippen molar-refractivity contribution in [3.05, 3.63) is 65.7 Å². The average molecular weight is 480 g/mol. The molecule has 0 spiro atoms. The highest BCUT2D eigenvalue weighted by Crippen LogP contribution is 2.26. The lowest BCUT2D eigenvalue weighted by atomic mass is 9.94. The van der Waals surface area contributed by atoms with Crippen LogP contribution in [-0.2, 0) is 11.3 Å². The first-order valence-corrected chi connectivity index (χ1v) is 13.6. The molecule has 1 aliphatic carbocycles. The van der Waals surface area contributed by atoms with Gasteiger partial charge >= 0.3 is 0 Å². The number of nitrogens with one attached hydrogen (secondary N) is 1. The lowest BCUT2D eigenvalue weighted by molar-refractivity contribution is -0.129. The lowest BCUT2D eigenvalue weighted by Crippen LogP contribution is -2.44. The normalized spacial score (nSPS) is 17.9. The fraction of sp³-hybridized carbons (Fsp3) is 0.500. The first-order valence-electron chi connectivity index (χ1n) is 12.6. The summed E-state index contributed by atoms with van der Waals surface area (Å²) in [4.78, 5) is 31.1. The molecule has 2 amide bonds. The summed E-state index contributed by atoms with van der Waals surface area (Å²) in [6.45, 7) is 2.93. The molecule has 0 bridgehead atoms. The predicted molar refractivity (Wildman–Crippen MR) is 139 cm³/mol. The van der Waals surface area contributed by atoms with Crippen LogP contribution in [0.25, 0.3) is 0 Å². The van der Waals surface area contributed by atoms with Crippen LogP contribution >= 0.6 is 11.8 Å². The Balaban J connectivity index is 1.26. The van der Waals surface area contributed by atoms with Gasteiger partial charge in [0.1, 0.15) is 0 Å². The van der Waals surface area contributed by atoms with E-state index < -0.39 is 0 Å². The van der Waals surface area contributed by atoms with Crippen LogP contribution in [-0.4, -0.2) is 59.6 Å². The highest BCUT2D eigenvalue weighted by atomic mass is 32.2. The van der Waals surface area contributed by atoms with Crippen LogP contribution in [0, 0.1) is 0 Å². The second kappa shape index (κ2) is 12.4. The maximum absolute atomic E-state index is 13.1. The quantitative estimate of drug-likeness (QED) is 0.544. The maximum atomic E-state index is 13.1. The van der Waals surface area contributed by atoms with E-state index in [4.69, 9.17) is 0 Å². The van der Waals surface area contributed by atoms with Crippen molar-refractivity contribution in [3.63, 3.8) is 0 Å². The van der Waals surface area contributed by atoms with Crippen LogP contribution in [0.1, 0.15) is 60.9 Å². The number of benzene rings is 2. The standard InChI is InChI=1S/C28H37N3O2S/c1-30(24-12-6-3-7-13-24)27(32)21-34-26-15-9-8-14-25(26)28(33)29-23-16-18-31(19-17-23)20-22-10-4-2-5-11-22/h2,4-5,8-11,14-15,23-24H,3,6-7,12-13,16-21H2,1H3,(H,29,33). The molecule has 2 fully saturated rings. The van der Waals surface area contributed by atoms with Gasteiger partial charge < -0.3 is 10.2 Å². The minimum Gasteiger partial charge on any atom is -0.349 e. The smallest absolute Gasteiger partial charge is 0.252 e. The summed E-state index contributed by atoms with van der Waals surface area (Å²) in [7, 11) is 1.93. The number of carbonyl (C=O) groups excluding carboxylic acids is 2. The number of thioether (sulfide) groups is 1. The van der Waals surface area contributed by atoms with Gasteiger partial charge in [-0.2, -0.15) is 0 Å². The Morgan fingerprint density at radius 2 is 1.62 bits per heavy atom. The van der Waals surface area contributed by atoms with E-state index in [0.717, 1.165) is 50.2 Å². The molecular weight excluding hydrogens is 442 g/mol. The molecule has 0 radical (unpaired) electrons. The number of amides is 2. The Morgan fingerprint density at radius 1 is 0.941 bits per heavy atom. The Kier molecular flexibility index (Phi) is 9.05. The minimum atomic E-state index is -0.0299. The summed E-state index contributed by atoms with van der Waals surface area (Å²) in [5, 5.41) is 3.25. The molecule has 0 unspecified atom stereocenters. The highest BCUT2D eigenvalue weighted by molar-refractivity contribution is 8.00. The summed E-state index contributed by atoms with van der Waals surface area (Å²) in [6, 6.07) is 18.8.